The van der Waals surface area contributed by atoms with Crippen LogP contribution in [-0.2, 0) is 11.2 Å². The van der Waals surface area contributed by atoms with Crippen LogP contribution in [0.5, 0.6) is 11.5 Å². The van der Waals surface area contributed by atoms with Crippen LogP contribution >= 0.6 is 0 Å². The minimum Gasteiger partial charge on any atom is -0.465 e. The topological polar surface area (TPSA) is 135 Å². The molecule has 2 aromatic heterocycles. The van der Waals surface area contributed by atoms with Crippen LogP contribution in [0.3, 0.4) is 0 Å². The number of benzene rings is 2. The number of nitrogens with two attached hydrogens (primary N) is 1. The monoisotopic (exact) mass is 762 g/mol. The number of aliphatic hydroxyl groups excluding tert-OH is 2. The number of allylic oxidation sites excluding steroid dienone is 2. The molecule has 10 rings (SSSR count). The zero-order chi connectivity index (χ0) is 38.8. The van der Waals surface area contributed by atoms with Crippen molar-refractivity contribution >= 4 is 22.3 Å². The highest BCUT2D eigenvalue weighted by Gasteiger charge is 2.47. The Morgan fingerprint density at radius 1 is 1.05 bits per heavy atom. The van der Waals surface area contributed by atoms with Gasteiger partial charge in [0.1, 0.15) is 24.2 Å². The zero-order valence-corrected chi connectivity index (χ0v) is 32.4. The Balaban J connectivity index is 1.03. The first-order valence-corrected chi connectivity index (χ1v) is 20.9. The van der Waals surface area contributed by atoms with Gasteiger partial charge in [0.05, 0.1) is 23.0 Å². The Hall–Kier alpha value is -5.19. The van der Waals surface area contributed by atoms with E-state index in [0.717, 1.165) is 90.1 Å². The van der Waals surface area contributed by atoms with E-state index >= 15 is 0 Å². The molecule has 57 heavy (non-hydrogen) atoms. The highest BCUT2D eigenvalue weighted by Crippen LogP contribution is 2.52. The first-order chi connectivity index (χ1) is 27.7. The molecule has 2 bridgehead atoms. The molecule has 3 aliphatic heterocycles. The number of carbonyl (C=O) groups is 1. The maximum absolute atomic E-state index is 13.1. The first-order valence-electron chi connectivity index (χ1n) is 20.9. The standard InChI is InChI=1S/C48H50N4O5/c1-28-4-8-30(9-5-28)41(55)23-32(53)11-6-29-7-17-42-43(22-29)57-47-38(48(20-21-56-42)18-2-3-19-48)15-16-40(54)34-13-14-35-44-31(24-51-46(35)49)10-12-33(45(34)44)36-25-50-39-27-52(47)26-37(36)39/h4,7-8,13-14,17,22,24-28,30,33,38,40-41,46-47,50-51,54-55H,2-3,5-6,9-12,18-19,23,49H2,1H3/t28-,30-,33+,38+,40-,41-,46-,47-/m0/s1. The van der Waals surface area contributed by atoms with Crippen LogP contribution in [-0.4, -0.2) is 31.7 Å². The smallest absolute Gasteiger partial charge is 0.191 e. The van der Waals surface area contributed by atoms with Crippen LogP contribution in [0.1, 0.15) is 129 Å². The van der Waals surface area contributed by atoms with E-state index in [1.807, 2.05) is 36.5 Å². The predicted molar refractivity (Wildman–Crippen MR) is 218 cm³/mol. The fourth-order valence-corrected chi connectivity index (χ4v) is 10.5. The molecule has 9 nitrogen and oxygen atoms in total. The van der Waals surface area contributed by atoms with Gasteiger partial charge in [0, 0.05) is 54.9 Å². The number of hydrogen-bond acceptors (Lipinski definition) is 7. The lowest BCUT2D eigenvalue weighted by Crippen LogP contribution is -2.36. The molecule has 3 aliphatic carbocycles. The minimum absolute atomic E-state index is 0.0319. The summed E-state index contributed by atoms with van der Waals surface area (Å²) in [5, 5.41) is 27.4. The number of hydrogen-bond donors (Lipinski definition) is 5. The molecular formula is C48H50N4O5. The summed E-state index contributed by atoms with van der Waals surface area (Å²) >= 11 is 0. The number of aromatic amines is 1. The van der Waals surface area contributed by atoms with E-state index in [2.05, 4.69) is 76.4 Å². The van der Waals surface area contributed by atoms with Crippen LogP contribution in [0.15, 0.2) is 67.3 Å². The quantitative estimate of drug-likeness (QED) is 0.1000. The van der Waals surface area contributed by atoms with Gasteiger partial charge in [-0.05, 0) is 102 Å². The summed E-state index contributed by atoms with van der Waals surface area (Å²) < 4.78 is 15.5. The van der Waals surface area contributed by atoms with Gasteiger partial charge in [-0.2, -0.15) is 0 Å². The van der Waals surface area contributed by atoms with E-state index < -0.39 is 29.8 Å². The molecule has 6 aliphatic rings. The number of rotatable bonds is 6. The molecule has 2 aromatic carbocycles. The summed E-state index contributed by atoms with van der Waals surface area (Å²) in [6, 6.07) is 9.87. The third-order valence-electron chi connectivity index (χ3n) is 13.7. The first kappa shape index (κ1) is 36.2. The van der Waals surface area contributed by atoms with Gasteiger partial charge in [-0.1, -0.05) is 67.9 Å². The average Bonchev–Trinajstić information content (AvgIpc) is 3.96. The summed E-state index contributed by atoms with van der Waals surface area (Å²) in [6.45, 7) is 2.18. The second kappa shape index (κ2) is 14.3. The number of aryl methyl sites for hydroxylation is 1. The lowest BCUT2D eigenvalue weighted by molar-refractivity contribution is -0.121. The number of ether oxygens (including phenoxy) is 2. The van der Waals surface area contributed by atoms with Crippen molar-refractivity contribution in [3.63, 3.8) is 0 Å². The number of nitrogens with zero attached hydrogens (tertiary/aromatic N) is 1. The molecule has 0 saturated heterocycles. The Morgan fingerprint density at radius 2 is 1.91 bits per heavy atom. The number of fused-ring (bicyclic) bond motifs is 6. The molecule has 292 valence electrons. The molecule has 1 fully saturated rings. The van der Waals surface area contributed by atoms with Crippen molar-refractivity contribution in [1.82, 2.24) is 14.9 Å². The fraction of sp³-hybridized carbons (Fsp3) is 0.438. The van der Waals surface area contributed by atoms with Crippen molar-refractivity contribution in [1.29, 1.82) is 0 Å². The molecule has 4 aromatic rings. The molecule has 0 unspecified atom stereocenters. The van der Waals surface area contributed by atoms with Crippen LogP contribution in [0.2, 0.25) is 0 Å². The largest absolute Gasteiger partial charge is 0.465 e. The van der Waals surface area contributed by atoms with Crippen LogP contribution in [0.4, 0.5) is 0 Å². The zero-order valence-electron chi connectivity index (χ0n) is 32.4. The third-order valence-corrected chi connectivity index (χ3v) is 13.7. The van der Waals surface area contributed by atoms with Crippen molar-refractivity contribution in [3.05, 3.63) is 101 Å². The molecule has 6 N–H and O–H groups in total. The van der Waals surface area contributed by atoms with E-state index in [0.29, 0.717) is 30.3 Å². The Labute approximate surface area is 333 Å². The number of Topliss-reactive ketones (excluding diaryl/α,β-unsaturated/α-hetero) is 1. The van der Waals surface area contributed by atoms with Crippen molar-refractivity contribution in [2.24, 2.45) is 28.9 Å². The Morgan fingerprint density at radius 3 is 2.75 bits per heavy atom. The number of aliphatic hydroxyl groups is 2. The normalized spacial score (nSPS) is 28.1. The predicted octanol–water partition coefficient (Wildman–Crippen LogP) is 7.81. The van der Waals surface area contributed by atoms with E-state index in [1.54, 1.807) is 0 Å². The highest BCUT2D eigenvalue weighted by atomic mass is 16.5. The van der Waals surface area contributed by atoms with Crippen molar-refractivity contribution < 1.29 is 24.5 Å². The lowest BCUT2D eigenvalue weighted by atomic mass is 9.71. The Bertz CT molecular complexity index is 2440. The molecule has 1 saturated carbocycles. The number of H-pyrrole nitrogens is 1. The number of carbonyl (C=O) groups excluding carboxylic acids is 1. The van der Waals surface area contributed by atoms with Gasteiger partial charge in [0.15, 0.2) is 17.7 Å². The van der Waals surface area contributed by atoms with Gasteiger partial charge in [-0.15, -0.1) is 0 Å². The molecule has 8 atom stereocenters. The van der Waals surface area contributed by atoms with Crippen molar-refractivity contribution in [2.45, 2.75) is 108 Å². The van der Waals surface area contributed by atoms with Gasteiger partial charge in [0.25, 0.3) is 0 Å². The molecule has 0 radical (unpaired) electrons. The summed E-state index contributed by atoms with van der Waals surface area (Å²) in [5.41, 5.74) is 14.5. The van der Waals surface area contributed by atoms with Crippen molar-refractivity contribution in [3.8, 4) is 35.4 Å². The lowest BCUT2D eigenvalue weighted by Gasteiger charge is -2.37. The summed E-state index contributed by atoms with van der Waals surface area (Å²) in [7, 11) is 0. The van der Waals surface area contributed by atoms with Gasteiger partial charge < -0.3 is 40.3 Å². The maximum Gasteiger partial charge on any atom is 0.191 e. The molecule has 9 heteroatoms. The van der Waals surface area contributed by atoms with Gasteiger partial charge in [0.2, 0.25) is 0 Å². The van der Waals surface area contributed by atoms with Gasteiger partial charge in [-0.3, -0.25) is 4.79 Å². The van der Waals surface area contributed by atoms with Crippen LogP contribution < -0.4 is 20.5 Å². The van der Waals surface area contributed by atoms with Crippen LogP contribution in [0, 0.1) is 47.0 Å². The minimum atomic E-state index is -1.04. The fourth-order valence-electron chi connectivity index (χ4n) is 10.5. The number of aromatic nitrogens is 2. The number of nitrogens with one attached hydrogen (secondary N) is 2. The van der Waals surface area contributed by atoms with Gasteiger partial charge >= 0.3 is 0 Å². The van der Waals surface area contributed by atoms with E-state index in [9.17, 15) is 15.0 Å². The molecule has 5 heterocycles. The Kier molecular flexibility index (Phi) is 9.09. The third kappa shape index (κ3) is 6.37. The average molecular weight is 763 g/mol. The molecule has 0 amide bonds. The summed E-state index contributed by atoms with van der Waals surface area (Å²) in [6.07, 6.45) is 21.5. The van der Waals surface area contributed by atoms with E-state index in [-0.39, 0.29) is 30.2 Å². The SMILES string of the molecule is C[C@H]1C=C[C@H]([C@@H](O)CC(=O)CCc2ccc3c(c2)O[C@H]2[C@@H](C#C[C@H](O)c4ccc5c6c4[C@H](CCC6=CN[C@@H]5N)c4c[nH]c5cn2cc45)C2(C#CO3)CCCC2)CC1. The van der Waals surface area contributed by atoms with E-state index in [1.165, 1.54) is 11.1 Å². The maximum atomic E-state index is 13.1. The van der Waals surface area contributed by atoms with Crippen LogP contribution in [0.25, 0.3) is 16.5 Å². The molecular weight excluding hydrogens is 713 g/mol. The second-order valence-electron chi connectivity index (χ2n) is 17.3. The van der Waals surface area contributed by atoms with E-state index in [4.69, 9.17) is 15.2 Å². The summed E-state index contributed by atoms with van der Waals surface area (Å²) in [5.74, 6) is 11.8. The van der Waals surface area contributed by atoms with Gasteiger partial charge in [-0.25, -0.2) is 0 Å². The second-order valence-corrected chi connectivity index (χ2v) is 17.3. The highest BCUT2D eigenvalue weighted by molar-refractivity contribution is 5.86. The van der Waals surface area contributed by atoms with Crippen molar-refractivity contribution in [2.75, 3.05) is 0 Å². The summed E-state index contributed by atoms with van der Waals surface area (Å²) in [4.78, 5) is 16.7. The molecule has 1 spiro atoms. The number of ketones is 1.